The number of aromatic amines is 1. The summed E-state index contributed by atoms with van der Waals surface area (Å²) in [4.78, 5) is 31.5. The van der Waals surface area contributed by atoms with Crippen LogP contribution in [0.4, 0.5) is 5.55 Å². The van der Waals surface area contributed by atoms with Gasteiger partial charge in [0, 0.05) is 31.4 Å². The molecule has 144 valence electrons. The lowest BCUT2D eigenvalue weighted by atomic mass is 9.72. The number of nitrogens with zero attached hydrogens (tertiary/aromatic N) is 8. The van der Waals surface area contributed by atoms with E-state index in [0.717, 1.165) is 43.3 Å². The fourth-order valence-corrected chi connectivity index (χ4v) is 6.18. The van der Waals surface area contributed by atoms with Crippen LogP contribution in [0.3, 0.4) is 0 Å². The van der Waals surface area contributed by atoms with Gasteiger partial charge in [0.05, 0.1) is 30.7 Å². The Morgan fingerprint density at radius 1 is 1.46 bits per heavy atom. The smallest absolute Gasteiger partial charge is 0.256 e. The lowest BCUT2D eigenvalue weighted by molar-refractivity contribution is -0.364. The first-order valence-electron chi connectivity index (χ1n) is 9.36. The summed E-state index contributed by atoms with van der Waals surface area (Å²) in [6.45, 7) is 2.06. The Morgan fingerprint density at radius 3 is 3.18 bits per heavy atom. The second-order valence-corrected chi connectivity index (χ2v) is 9.04. The number of aromatic nitrogens is 3. The second-order valence-electron chi connectivity index (χ2n) is 7.18. The topological polar surface area (TPSA) is 136 Å². The van der Waals surface area contributed by atoms with Gasteiger partial charge in [-0.1, -0.05) is 10.1 Å². The standard InChI is InChI=1S/C17H20N9OP/c18-6-3-14(27)26-11-13(23-24-19)17(26)4-1-2-8-25(9-5-17)16-22-12-21-15-20-7-10-28(15)16/h7,10,12-13H,1-5,8-9,11H2/p+1. The van der Waals surface area contributed by atoms with Gasteiger partial charge < -0.3 is 4.90 Å². The van der Waals surface area contributed by atoms with Crippen LogP contribution in [0, 0.1) is 11.3 Å². The summed E-state index contributed by atoms with van der Waals surface area (Å²) in [6.07, 6.45) is 6.77. The van der Waals surface area contributed by atoms with Gasteiger partial charge in [0.1, 0.15) is 6.42 Å². The number of azide groups is 1. The van der Waals surface area contributed by atoms with E-state index in [4.69, 9.17) is 10.8 Å². The Morgan fingerprint density at radius 2 is 2.36 bits per heavy atom. The van der Waals surface area contributed by atoms with Gasteiger partial charge in [0.15, 0.2) is 0 Å². The molecular weight excluding hydrogens is 377 g/mol. The van der Waals surface area contributed by atoms with E-state index in [-0.39, 0.29) is 18.4 Å². The number of rotatable bonds is 3. The zero-order valence-electron chi connectivity index (χ0n) is 15.4. The summed E-state index contributed by atoms with van der Waals surface area (Å²) in [6, 6.07) is 1.71. The molecule has 2 aliphatic rings. The molecular formula is C17H21N9OP+. The molecule has 2 aromatic heterocycles. The van der Waals surface area contributed by atoms with E-state index in [1.807, 2.05) is 12.3 Å². The summed E-state index contributed by atoms with van der Waals surface area (Å²) < 4.78 is 0. The van der Waals surface area contributed by atoms with Crippen LogP contribution in [-0.4, -0.2) is 52.0 Å². The number of fused-ring (bicyclic) bond motifs is 1. The molecule has 1 spiro atoms. The minimum atomic E-state index is -0.693. The molecule has 3 atom stereocenters. The number of amides is 1. The fourth-order valence-electron chi connectivity index (χ4n) is 4.44. The van der Waals surface area contributed by atoms with E-state index >= 15 is 0 Å². The summed E-state index contributed by atoms with van der Waals surface area (Å²) in [5, 5.41) is 13.8. The van der Waals surface area contributed by atoms with Crippen LogP contribution < -0.4 is 9.88 Å². The third-order valence-corrected chi connectivity index (χ3v) is 7.82. The number of carbonyl (C=O) groups excluding carboxylic acids is 1. The van der Waals surface area contributed by atoms with Crippen LogP contribution in [0.2, 0.25) is 0 Å². The molecule has 2 saturated heterocycles. The molecule has 10 nitrogen and oxygen atoms in total. The first kappa shape index (κ1) is 18.5. The average molecular weight is 398 g/mol. The Kier molecular flexibility index (Phi) is 5.03. The van der Waals surface area contributed by atoms with Crippen molar-refractivity contribution in [3.63, 3.8) is 0 Å². The SMILES string of the molecule is N#CCC(=O)N1CC(N=[N+]=[N-])C12CCCCN(c1[nH+]cnc3nccp13)CC2. The van der Waals surface area contributed by atoms with Crippen molar-refractivity contribution >= 4 is 24.2 Å². The molecule has 0 saturated carbocycles. The highest BCUT2D eigenvalue weighted by molar-refractivity contribution is 7.53. The molecule has 2 fully saturated rings. The Bertz CT molecular complexity index is 978. The fraction of sp³-hybridized carbons (Fsp3) is 0.588. The van der Waals surface area contributed by atoms with E-state index in [0.29, 0.717) is 13.0 Å². The molecule has 0 bridgehead atoms. The number of nitriles is 1. The van der Waals surface area contributed by atoms with E-state index in [9.17, 15) is 4.79 Å². The van der Waals surface area contributed by atoms with E-state index in [1.54, 1.807) is 11.2 Å². The van der Waals surface area contributed by atoms with Gasteiger partial charge in [-0.25, -0.2) is 9.97 Å². The van der Waals surface area contributed by atoms with Crippen LogP contribution in [-0.2, 0) is 4.79 Å². The molecule has 0 aromatic carbocycles. The van der Waals surface area contributed by atoms with Gasteiger partial charge in [-0.05, 0) is 30.6 Å². The van der Waals surface area contributed by atoms with Crippen molar-refractivity contribution in [2.45, 2.75) is 43.7 Å². The number of hydrogen-bond acceptors (Lipinski definition) is 6. The van der Waals surface area contributed by atoms with Crippen LogP contribution in [0.5, 0.6) is 0 Å². The van der Waals surface area contributed by atoms with Crippen LogP contribution in [0.25, 0.3) is 15.8 Å². The molecule has 1 N–H and O–H groups in total. The molecule has 4 rings (SSSR count). The lowest BCUT2D eigenvalue weighted by Crippen LogP contribution is -2.72. The molecule has 2 aromatic rings. The third-order valence-electron chi connectivity index (χ3n) is 5.86. The number of hydrogen-bond donors (Lipinski definition) is 0. The van der Waals surface area contributed by atoms with Crippen molar-refractivity contribution < 1.29 is 9.78 Å². The van der Waals surface area contributed by atoms with E-state index < -0.39 is 12.9 Å². The van der Waals surface area contributed by atoms with Crippen molar-refractivity contribution in [2.75, 3.05) is 24.5 Å². The minimum Gasteiger partial charge on any atom is -0.335 e. The zero-order valence-corrected chi connectivity index (χ0v) is 16.3. The van der Waals surface area contributed by atoms with Gasteiger partial charge in [0.2, 0.25) is 17.8 Å². The highest BCUT2D eigenvalue weighted by Gasteiger charge is 2.55. The Hall–Kier alpha value is -2.88. The van der Waals surface area contributed by atoms with Crippen molar-refractivity contribution in [3.8, 4) is 6.07 Å². The maximum atomic E-state index is 12.5. The average Bonchev–Trinajstić information content (AvgIpc) is 3.14. The monoisotopic (exact) mass is 398 g/mol. The quantitative estimate of drug-likeness (QED) is 0.444. The number of likely N-dealkylation sites (tertiary alicyclic amines) is 1. The highest BCUT2D eigenvalue weighted by Crippen LogP contribution is 2.44. The summed E-state index contributed by atoms with van der Waals surface area (Å²) >= 11 is 0. The molecule has 0 radical (unpaired) electrons. The lowest BCUT2D eigenvalue weighted by Gasteiger charge is -2.58. The molecule has 11 heteroatoms. The predicted octanol–water partition coefficient (Wildman–Crippen LogP) is 2.28. The Labute approximate surface area is 162 Å². The normalized spacial score (nSPS) is 25.4. The van der Waals surface area contributed by atoms with Gasteiger partial charge in [-0.2, -0.15) is 5.26 Å². The Balaban J connectivity index is 1.62. The molecule has 3 unspecified atom stereocenters. The first-order chi connectivity index (χ1) is 13.7. The van der Waals surface area contributed by atoms with Gasteiger partial charge >= 0.3 is 0 Å². The molecule has 1 amide bonds. The van der Waals surface area contributed by atoms with Gasteiger partial charge in [-0.15, -0.1) is 0 Å². The predicted molar refractivity (Wildman–Crippen MR) is 103 cm³/mol. The van der Waals surface area contributed by atoms with Crippen LogP contribution in [0.1, 0.15) is 32.1 Å². The third kappa shape index (κ3) is 3.03. The largest absolute Gasteiger partial charge is 0.335 e. The summed E-state index contributed by atoms with van der Waals surface area (Å²) in [5.41, 5.74) is 9.60. The maximum absolute atomic E-state index is 12.5. The summed E-state index contributed by atoms with van der Waals surface area (Å²) in [7, 11) is -0.693. The van der Waals surface area contributed by atoms with Gasteiger partial charge in [-0.3, -0.25) is 9.69 Å². The van der Waals surface area contributed by atoms with Crippen LogP contribution >= 0.6 is 7.34 Å². The van der Waals surface area contributed by atoms with Crippen molar-refractivity contribution in [1.29, 1.82) is 5.26 Å². The molecule has 2 aliphatic heterocycles. The van der Waals surface area contributed by atoms with E-state index in [1.165, 1.54) is 0 Å². The molecule has 28 heavy (non-hydrogen) atoms. The van der Waals surface area contributed by atoms with Crippen LogP contribution in [0.15, 0.2) is 23.4 Å². The van der Waals surface area contributed by atoms with Gasteiger partial charge in [0.25, 0.3) is 5.38 Å². The molecule has 4 heterocycles. The summed E-state index contributed by atoms with van der Waals surface area (Å²) in [5.74, 6) is 1.92. The number of carbonyl (C=O) groups is 1. The number of H-pyrrole nitrogens is 1. The second kappa shape index (κ2) is 7.63. The van der Waals surface area contributed by atoms with Crippen molar-refractivity contribution in [1.82, 2.24) is 14.9 Å². The maximum Gasteiger partial charge on any atom is 0.256 e. The number of anilines is 1. The van der Waals surface area contributed by atoms with E-state index in [2.05, 4.69) is 35.7 Å². The van der Waals surface area contributed by atoms with Crippen molar-refractivity contribution in [3.05, 3.63) is 28.8 Å². The number of nitrogens with one attached hydrogen (secondary N) is 1. The minimum absolute atomic E-state index is 0.139. The zero-order chi connectivity index (χ0) is 19.6. The first-order valence-corrected chi connectivity index (χ1v) is 10.8. The highest BCUT2D eigenvalue weighted by atomic mass is 31.1. The molecule has 0 aliphatic carbocycles. The van der Waals surface area contributed by atoms with Crippen molar-refractivity contribution in [2.24, 2.45) is 5.11 Å².